The Hall–Kier alpha value is -2.86. The first-order valence-corrected chi connectivity index (χ1v) is 8.03. The van der Waals surface area contributed by atoms with E-state index in [1.54, 1.807) is 18.2 Å². The van der Waals surface area contributed by atoms with Gasteiger partial charge in [-0.25, -0.2) is 9.79 Å². The number of carbonyl (C=O) groups excluding carboxylic acids is 1. The molecule has 2 N–H and O–H groups in total. The number of para-hydroxylation sites is 1. The molecule has 2 aromatic rings. The maximum atomic E-state index is 12.1. The van der Waals surface area contributed by atoms with E-state index in [1.165, 1.54) is 23.9 Å². The lowest BCUT2D eigenvalue weighted by Gasteiger charge is -1.99. The first-order valence-electron chi connectivity index (χ1n) is 7.21. The Bertz CT molecular complexity index is 870. The molecule has 2 aromatic carbocycles. The second-order valence-corrected chi connectivity index (χ2v) is 6.23. The van der Waals surface area contributed by atoms with Gasteiger partial charge < -0.3 is 10.4 Å². The summed E-state index contributed by atoms with van der Waals surface area (Å²) in [5.41, 5.74) is 2.81. The molecule has 0 saturated carbocycles. The molecule has 120 valence electrons. The molecule has 3 rings (SSSR count). The highest BCUT2D eigenvalue weighted by atomic mass is 32.2. The number of hydrogen-bond donors (Lipinski definition) is 2. The summed E-state index contributed by atoms with van der Waals surface area (Å²) in [5.74, 6) is -1.19. The Balaban J connectivity index is 1.82. The lowest BCUT2D eigenvalue weighted by Crippen LogP contribution is -2.19. The van der Waals surface area contributed by atoms with Crippen molar-refractivity contribution in [1.82, 2.24) is 5.32 Å². The average Bonchev–Trinajstić information content (AvgIpc) is 2.90. The Morgan fingerprint density at radius 2 is 1.88 bits per heavy atom. The molecule has 6 heteroatoms. The number of nitrogens with one attached hydrogen (secondary N) is 1. The summed E-state index contributed by atoms with van der Waals surface area (Å²) in [7, 11) is 0. The number of hydrogen-bond acceptors (Lipinski definition) is 4. The molecule has 1 heterocycles. The zero-order chi connectivity index (χ0) is 17.1. The quantitative estimate of drug-likeness (QED) is 0.838. The van der Waals surface area contributed by atoms with Crippen LogP contribution in [-0.2, 0) is 4.79 Å². The van der Waals surface area contributed by atoms with Gasteiger partial charge in [0.1, 0.15) is 0 Å². The van der Waals surface area contributed by atoms with Crippen LogP contribution in [0.5, 0.6) is 0 Å². The van der Waals surface area contributed by atoms with Gasteiger partial charge in [0.15, 0.2) is 5.17 Å². The SMILES string of the molecule is Cc1ccccc1N=C1NC(=O)/C(=C/c2ccc(C(=O)O)cc2)S1. The summed E-state index contributed by atoms with van der Waals surface area (Å²) >= 11 is 1.26. The molecule has 24 heavy (non-hydrogen) atoms. The van der Waals surface area contributed by atoms with Crippen molar-refractivity contribution in [3.8, 4) is 0 Å². The van der Waals surface area contributed by atoms with Gasteiger partial charge in [-0.2, -0.15) is 0 Å². The minimum atomic E-state index is -0.977. The van der Waals surface area contributed by atoms with Crippen LogP contribution in [-0.4, -0.2) is 22.2 Å². The molecular formula is C18H14N2O3S. The molecule has 5 nitrogen and oxygen atoms in total. The molecule has 1 fully saturated rings. The van der Waals surface area contributed by atoms with Gasteiger partial charge in [0.2, 0.25) is 0 Å². The number of nitrogens with zero attached hydrogens (tertiary/aromatic N) is 1. The number of rotatable bonds is 3. The summed E-state index contributed by atoms with van der Waals surface area (Å²) in [4.78, 5) is 27.9. The van der Waals surface area contributed by atoms with Crippen LogP contribution < -0.4 is 5.32 Å². The standard InChI is InChI=1S/C18H14N2O3S/c1-11-4-2-3-5-14(11)19-18-20-16(21)15(24-18)10-12-6-8-13(9-7-12)17(22)23/h2-10H,1H3,(H,22,23)(H,19,20,21)/b15-10-. The van der Waals surface area contributed by atoms with Gasteiger partial charge in [0.05, 0.1) is 16.2 Å². The molecule has 0 aromatic heterocycles. The van der Waals surface area contributed by atoms with Crippen LogP contribution in [0.2, 0.25) is 0 Å². The van der Waals surface area contributed by atoms with Gasteiger partial charge in [0.25, 0.3) is 5.91 Å². The van der Waals surface area contributed by atoms with E-state index in [-0.39, 0.29) is 11.5 Å². The van der Waals surface area contributed by atoms with Gasteiger partial charge in [-0.3, -0.25) is 4.79 Å². The number of aryl methyl sites for hydroxylation is 1. The lowest BCUT2D eigenvalue weighted by atomic mass is 10.1. The van der Waals surface area contributed by atoms with E-state index >= 15 is 0 Å². The van der Waals surface area contributed by atoms with E-state index in [9.17, 15) is 9.59 Å². The summed E-state index contributed by atoms with van der Waals surface area (Å²) in [6, 6.07) is 14.0. The Morgan fingerprint density at radius 1 is 1.17 bits per heavy atom. The fraction of sp³-hybridized carbons (Fsp3) is 0.0556. The molecule has 1 amide bonds. The van der Waals surface area contributed by atoms with E-state index in [0.717, 1.165) is 16.8 Å². The summed E-state index contributed by atoms with van der Waals surface area (Å²) < 4.78 is 0. The van der Waals surface area contributed by atoms with Gasteiger partial charge >= 0.3 is 5.97 Å². The van der Waals surface area contributed by atoms with Gasteiger partial charge in [-0.15, -0.1) is 0 Å². The van der Waals surface area contributed by atoms with Crippen molar-refractivity contribution in [2.24, 2.45) is 4.99 Å². The minimum absolute atomic E-state index is 0.211. The van der Waals surface area contributed by atoms with Crippen molar-refractivity contribution in [2.45, 2.75) is 6.92 Å². The van der Waals surface area contributed by atoms with Crippen LogP contribution in [0.15, 0.2) is 58.4 Å². The van der Waals surface area contributed by atoms with Crippen LogP contribution >= 0.6 is 11.8 Å². The fourth-order valence-corrected chi connectivity index (χ4v) is 2.99. The van der Waals surface area contributed by atoms with E-state index in [0.29, 0.717) is 10.1 Å². The van der Waals surface area contributed by atoms with Gasteiger partial charge in [-0.05, 0) is 54.1 Å². The Kier molecular flexibility index (Phi) is 4.48. The van der Waals surface area contributed by atoms with Crippen LogP contribution in [0, 0.1) is 6.92 Å². The highest BCUT2D eigenvalue weighted by molar-refractivity contribution is 8.18. The predicted octanol–water partition coefficient (Wildman–Crippen LogP) is 3.58. The van der Waals surface area contributed by atoms with Gasteiger partial charge in [-0.1, -0.05) is 30.3 Å². The molecule has 1 aliphatic rings. The molecule has 0 spiro atoms. The van der Waals surface area contributed by atoms with E-state index in [2.05, 4.69) is 10.3 Å². The Morgan fingerprint density at radius 3 is 2.54 bits per heavy atom. The topological polar surface area (TPSA) is 78.8 Å². The van der Waals surface area contributed by atoms with E-state index < -0.39 is 5.97 Å². The predicted molar refractivity (Wildman–Crippen MR) is 95.4 cm³/mol. The second-order valence-electron chi connectivity index (χ2n) is 5.20. The molecular weight excluding hydrogens is 324 g/mol. The molecule has 0 unspecified atom stereocenters. The van der Waals surface area contributed by atoms with Crippen molar-refractivity contribution < 1.29 is 14.7 Å². The van der Waals surface area contributed by atoms with Crippen molar-refractivity contribution in [1.29, 1.82) is 0 Å². The fourth-order valence-electron chi connectivity index (χ4n) is 2.15. The molecule has 0 atom stereocenters. The van der Waals surface area contributed by atoms with Crippen LogP contribution in [0.25, 0.3) is 6.08 Å². The average molecular weight is 338 g/mol. The maximum absolute atomic E-state index is 12.1. The number of thioether (sulfide) groups is 1. The number of aliphatic imine (C=N–C) groups is 1. The van der Waals surface area contributed by atoms with Gasteiger partial charge in [0, 0.05) is 0 Å². The highest BCUT2D eigenvalue weighted by Gasteiger charge is 2.23. The largest absolute Gasteiger partial charge is 0.478 e. The van der Waals surface area contributed by atoms with E-state index in [4.69, 9.17) is 5.11 Å². The molecule has 1 aliphatic heterocycles. The number of benzene rings is 2. The Labute approximate surface area is 143 Å². The highest BCUT2D eigenvalue weighted by Crippen LogP contribution is 2.29. The van der Waals surface area contributed by atoms with Crippen molar-refractivity contribution in [3.63, 3.8) is 0 Å². The molecule has 1 saturated heterocycles. The number of aromatic carboxylic acids is 1. The summed E-state index contributed by atoms with van der Waals surface area (Å²) in [5, 5.41) is 12.2. The van der Waals surface area contributed by atoms with Crippen LogP contribution in [0.4, 0.5) is 5.69 Å². The van der Waals surface area contributed by atoms with E-state index in [1.807, 2.05) is 31.2 Å². The lowest BCUT2D eigenvalue weighted by molar-refractivity contribution is -0.115. The monoisotopic (exact) mass is 338 g/mol. The number of amides is 1. The normalized spacial score (nSPS) is 17.3. The molecule has 0 radical (unpaired) electrons. The third-order valence-corrected chi connectivity index (χ3v) is 4.35. The van der Waals surface area contributed by atoms with Crippen molar-refractivity contribution >= 4 is 40.6 Å². The second kappa shape index (κ2) is 6.72. The first kappa shape index (κ1) is 16.0. The summed E-state index contributed by atoms with van der Waals surface area (Å²) in [6.07, 6.45) is 1.71. The van der Waals surface area contributed by atoms with Crippen LogP contribution in [0.3, 0.4) is 0 Å². The maximum Gasteiger partial charge on any atom is 0.335 e. The minimum Gasteiger partial charge on any atom is -0.478 e. The van der Waals surface area contributed by atoms with Crippen molar-refractivity contribution in [2.75, 3.05) is 0 Å². The first-order chi connectivity index (χ1) is 11.5. The van der Waals surface area contributed by atoms with Crippen LogP contribution in [0.1, 0.15) is 21.5 Å². The number of amidine groups is 1. The third kappa shape index (κ3) is 3.55. The third-order valence-electron chi connectivity index (χ3n) is 3.44. The summed E-state index contributed by atoms with van der Waals surface area (Å²) in [6.45, 7) is 1.96. The number of carboxylic acid groups (broad SMARTS) is 1. The number of carboxylic acids is 1. The zero-order valence-electron chi connectivity index (χ0n) is 12.8. The number of carbonyl (C=O) groups is 2. The zero-order valence-corrected chi connectivity index (χ0v) is 13.6. The van der Waals surface area contributed by atoms with Crippen molar-refractivity contribution in [3.05, 3.63) is 70.1 Å². The smallest absolute Gasteiger partial charge is 0.335 e. The molecule has 0 aliphatic carbocycles. The molecule has 0 bridgehead atoms.